The molecule has 0 bridgehead atoms. The Labute approximate surface area is 110 Å². The summed E-state index contributed by atoms with van der Waals surface area (Å²) in [6, 6.07) is 3.52. The first-order valence-corrected chi connectivity index (χ1v) is 5.99. The molecule has 2 rings (SSSR count). The summed E-state index contributed by atoms with van der Waals surface area (Å²) in [6.07, 6.45) is 3.24. The van der Waals surface area contributed by atoms with Crippen molar-refractivity contribution >= 4 is 11.7 Å². The van der Waals surface area contributed by atoms with Gasteiger partial charge in [0, 0.05) is 18.5 Å². The number of amides is 1. The highest BCUT2D eigenvalue weighted by Crippen LogP contribution is 2.20. The Morgan fingerprint density at radius 1 is 1.42 bits per heavy atom. The molecule has 3 N–H and O–H groups in total. The summed E-state index contributed by atoms with van der Waals surface area (Å²) in [4.78, 5) is 19.7. The van der Waals surface area contributed by atoms with Crippen LogP contribution in [0.4, 0.5) is 5.82 Å². The van der Waals surface area contributed by atoms with Gasteiger partial charge in [0.25, 0.3) is 5.95 Å². The van der Waals surface area contributed by atoms with Gasteiger partial charge in [0.2, 0.25) is 5.91 Å². The largest absolute Gasteiger partial charge is 0.322 e. The fourth-order valence-corrected chi connectivity index (χ4v) is 1.52. The quantitative estimate of drug-likeness (QED) is 0.842. The molecular weight excluding hydrogens is 244 g/mol. The van der Waals surface area contributed by atoms with Crippen molar-refractivity contribution < 1.29 is 4.79 Å². The van der Waals surface area contributed by atoms with Crippen LogP contribution >= 0.6 is 0 Å². The van der Waals surface area contributed by atoms with Crippen molar-refractivity contribution in [3.63, 3.8) is 0 Å². The van der Waals surface area contributed by atoms with Gasteiger partial charge in [-0.1, -0.05) is 13.8 Å². The van der Waals surface area contributed by atoms with Gasteiger partial charge in [-0.25, -0.2) is 9.97 Å². The average molecular weight is 260 g/mol. The zero-order valence-corrected chi connectivity index (χ0v) is 10.9. The van der Waals surface area contributed by atoms with Crippen LogP contribution in [0.3, 0.4) is 0 Å². The highest BCUT2D eigenvalue weighted by atomic mass is 16.1. The van der Waals surface area contributed by atoms with Gasteiger partial charge in [0.15, 0.2) is 0 Å². The number of anilines is 1. The monoisotopic (exact) mass is 260 g/mol. The number of carbonyl (C=O) groups excluding carboxylic acids is 1. The van der Waals surface area contributed by atoms with E-state index < -0.39 is 0 Å². The van der Waals surface area contributed by atoms with Gasteiger partial charge in [0.05, 0.1) is 12.2 Å². The molecule has 0 aliphatic heterocycles. The molecule has 0 aromatic carbocycles. The molecule has 0 unspecified atom stereocenters. The van der Waals surface area contributed by atoms with Gasteiger partial charge in [-0.3, -0.25) is 4.79 Å². The lowest BCUT2D eigenvalue weighted by molar-refractivity contribution is -0.114. The first kappa shape index (κ1) is 13.2. The zero-order chi connectivity index (χ0) is 13.8. The number of rotatable bonds is 4. The lowest BCUT2D eigenvalue weighted by Crippen LogP contribution is -2.23. The normalized spacial score (nSPS) is 10.7. The number of nitrogens with two attached hydrogens (primary N) is 1. The Kier molecular flexibility index (Phi) is 3.86. The summed E-state index contributed by atoms with van der Waals surface area (Å²) in [5, 5.41) is 7.09. The second kappa shape index (κ2) is 5.57. The molecule has 0 spiro atoms. The van der Waals surface area contributed by atoms with Crippen LogP contribution in [-0.4, -0.2) is 32.2 Å². The van der Waals surface area contributed by atoms with Crippen LogP contribution < -0.4 is 11.1 Å². The zero-order valence-electron chi connectivity index (χ0n) is 10.9. The van der Waals surface area contributed by atoms with E-state index in [9.17, 15) is 4.79 Å². The molecule has 2 heterocycles. The van der Waals surface area contributed by atoms with E-state index in [2.05, 4.69) is 20.4 Å². The Morgan fingerprint density at radius 2 is 2.11 bits per heavy atom. The van der Waals surface area contributed by atoms with E-state index in [1.54, 1.807) is 24.5 Å². The van der Waals surface area contributed by atoms with Crippen LogP contribution in [0.5, 0.6) is 0 Å². The van der Waals surface area contributed by atoms with E-state index in [0.29, 0.717) is 11.8 Å². The maximum absolute atomic E-state index is 11.4. The number of aromatic nitrogens is 4. The van der Waals surface area contributed by atoms with Crippen molar-refractivity contribution in [1.82, 2.24) is 19.7 Å². The molecule has 2 aromatic rings. The van der Waals surface area contributed by atoms with E-state index in [1.165, 1.54) is 4.68 Å². The molecular formula is C12H16N6O. The van der Waals surface area contributed by atoms with Crippen molar-refractivity contribution in [1.29, 1.82) is 0 Å². The SMILES string of the molecule is CC(C)c1cc(NC(=O)CN)n(-c2ncccn2)n1. The maximum atomic E-state index is 11.4. The topological polar surface area (TPSA) is 98.7 Å². The average Bonchev–Trinajstić information content (AvgIpc) is 2.83. The Morgan fingerprint density at radius 3 is 2.68 bits per heavy atom. The van der Waals surface area contributed by atoms with E-state index in [-0.39, 0.29) is 18.4 Å². The third kappa shape index (κ3) is 2.94. The van der Waals surface area contributed by atoms with Crippen molar-refractivity contribution in [2.24, 2.45) is 5.73 Å². The second-order valence-corrected chi connectivity index (χ2v) is 4.32. The molecule has 0 aliphatic rings. The summed E-state index contributed by atoms with van der Waals surface area (Å²) >= 11 is 0. The second-order valence-electron chi connectivity index (χ2n) is 4.32. The smallest absolute Gasteiger partial charge is 0.252 e. The first-order chi connectivity index (χ1) is 9.11. The van der Waals surface area contributed by atoms with Crippen molar-refractivity contribution in [2.45, 2.75) is 19.8 Å². The number of nitrogens with one attached hydrogen (secondary N) is 1. The minimum absolute atomic E-state index is 0.0855. The van der Waals surface area contributed by atoms with Gasteiger partial charge in [-0.2, -0.15) is 9.78 Å². The highest BCUT2D eigenvalue weighted by Gasteiger charge is 2.15. The summed E-state index contributed by atoms with van der Waals surface area (Å²) < 4.78 is 1.50. The molecule has 0 radical (unpaired) electrons. The summed E-state index contributed by atoms with van der Waals surface area (Å²) in [6.45, 7) is 3.96. The summed E-state index contributed by atoms with van der Waals surface area (Å²) in [5.74, 6) is 0.873. The highest BCUT2D eigenvalue weighted by molar-refractivity contribution is 5.91. The predicted molar refractivity (Wildman–Crippen MR) is 70.9 cm³/mol. The summed E-state index contributed by atoms with van der Waals surface area (Å²) in [5.41, 5.74) is 6.15. The van der Waals surface area contributed by atoms with E-state index >= 15 is 0 Å². The van der Waals surface area contributed by atoms with E-state index in [0.717, 1.165) is 5.69 Å². The molecule has 0 saturated carbocycles. The molecule has 0 saturated heterocycles. The minimum Gasteiger partial charge on any atom is -0.322 e. The lowest BCUT2D eigenvalue weighted by Gasteiger charge is -2.05. The molecule has 0 atom stereocenters. The number of nitrogens with zero attached hydrogens (tertiary/aromatic N) is 4. The molecule has 1 amide bonds. The Hall–Kier alpha value is -2.28. The third-order valence-corrected chi connectivity index (χ3v) is 2.51. The van der Waals surface area contributed by atoms with Crippen LogP contribution in [0.2, 0.25) is 0 Å². The van der Waals surface area contributed by atoms with Crippen LogP contribution in [0, 0.1) is 0 Å². The molecule has 19 heavy (non-hydrogen) atoms. The van der Waals surface area contributed by atoms with Gasteiger partial charge < -0.3 is 11.1 Å². The number of hydrogen-bond acceptors (Lipinski definition) is 5. The van der Waals surface area contributed by atoms with Crippen molar-refractivity contribution in [2.75, 3.05) is 11.9 Å². The van der Waals surface area contributed by atoms with Crippen molar-refractivity contribution in [3.05, 3.63) is 30.2 Å². The molecule has 7 nitrogen and oxygen atoms in total. The Balaban J connectivity index is 2.43. The van der Waals surface area contributed by atoms with Crippen LogP contribution in [-0.2, 0) is 4.79 Å². The molecule has 0 aliphatic carbocycles. The van der Waals surface area contributed by atoms with Crippen LogP contribution in [0.1, 0.15) is 25.5 Å². The van der Waals surface area contributed by atoms with E-state index in [1.807, 2.05) is 13.8 Å². The van der Waals surface area contributed by atoms with Crippen LogP contribution in [0.15, 0.2) is 24.5 Å². The summed E-state index contributed by atoms with van der Waals surface area (Å²) in [7, 11) is 0. The van der Waals surface area contributed by atoms with Gasteiger partial charge in [-0.05, 0) is 12.0 Å². The number of hydrogen-bond donors (Lipinski definition) is 2. The Bertz CT molecular complexity index is 563. The lowest BCUT2D eigenvalue weighted by atomic mass is 10.1. The van der Waals surface area contributed by atoms with Crippen molar-refractivity contribution in [3.8, 4) is 5.95 Å². The third-order valence-electron chi connectivity index (χ3n) is 2.51. The van der Waals surface area contributed by atoms with Crippen LogP contribution in [0.25, 0.3) is 5.95 Å². The number of carbonyl (C=O) groups is 1. The fraction of sp³-hybridized carbons (Fsp3) is 0.333. The van der Waals surface area contributed by atoms with Gasteiger partial charge in [0.1, 0.15) is 5.82 Å². The molecule has 0 fully saturated rings. The minimum atomic E-state index is -0.285. The molecule has 2 aromatic heterocycles. The maximum Gasteiger partial charge on any atom is 0.252 e. The molecule has 7 heteroatoms. The van der Waals surface area contributed by atoms with Gasteiger partial charge in [-0.15, -0.1) is 0 Å². The first-order valence-electron chi connectivity index (χ1n) is 5.99. The molecule has 100 valence electrons. The standard InChI is InChI=1S/C12H16N6O/c1-8(2)9-6-10(16-11(19)7-13)18(17-9)12-14-4-3-5-15-12/h3-6,8H,7,13H2,1-2H3,(H,16,19). The fourth-order valence-electron chi connectivity index (χ4n) is 1.52. The van der Waals surface area contributed by atoms with E-state index in [4.69, 9.17) is 5.73 Å². The van der Waals surface area contributed by atoms with Gasteiger partial charge >= 0.3 is 0 Å². The predicted octanol–water partition coefficient (Wildman–Crippen LogP) is 0.683.